The highest BCUT2D eigenvalue weighted by Gasteiger charge is 2.10. The Labute approximate surface area is 97.3 Å². The van der Waals surface area contributed by atoms with Crippen LogP contribution < -0.4 is 0 Å². The zero-order chi connectivity index (χ0) is 11.7. The Hall–Kier alpha value is -1.55. The van der Waals surface area contributed by atoms with Crippen molar-refractivity contribution in [1.82, 2.24) is 15.0 Å². The van der Waals surface area contributed by atoms with Gasteiger partial charge in [-0.05, 0) is 19.9 Å². The minimum Gasteiger partial charge on any atom is -0.261 e. The van der Waals surface area contributed by atoms with Crippen molar-refractivity contribution in [3.8, 4) is 11.3 Å². The minimum absolute atomic E-state index is 0.381. The highest BCUT2D eigenvalue weighted by molar-refractivity contribution is 6.30. The van der Waals surface area contributed by atoms with Crippen LogP contribution in [0.15, 0.2) is 18.5 Å². The Bertz CT molecular complexity index is 543. The zero-order valence-electron chi connectivity index (χ0n) is 8.83. The number of nitrogens with zero attached hydrogens (tertiary/aromatic N) is 3. The lowest BCUT2D eigenvalue weighted by atomic mass is 10.1. The monoisotopic (exact) mass is 237 g/mol. The third-order valence-corrected chi connectivity index (χ3v) is 2.54. The Morgan fingerprint density at radius 2 is 1.94 bits per heavy atom. The first-order chi connectivity index (χ1) is 7.58. The lowest BCUT2D eigenvalue weighted by molar-refractivity contribution is 0.622. The first kappa shape index (κ1) is 11.0. The Balaban J connectivity index is 2.64. The van der Waals surface area contributed by atoms with E-state index < -0.39 is 5.82 Å². The van der Waals surface area contributed by atoms with E-state index in [0.29, 0.717) is 22.2 Å². The van der Waals surface area contributed by atoms with Gasteiger partial charge in [0.1, 0.15) is 16.8 Å². The first-order valence-electron chi connectivity index (χ1n) is 4.69. The normalized spacial score (nSPS) is 10.5. The SMILES string of the molecule is Cc1nc(Cl)c(C)c(-c2cncc(F)c2)n1. The number of halogens is 2. The third-order valence-electron chi connectivity index (χ3n) is 2.18. The molecule has 0 bridgehead atoms. The zero-order valence-corrected chi connectivity index (χ0v) is 9.59. The van der Waals surface area contributed by atoms with Crippen molar-refractivity contribution in [3.05, 3.63) is 40.8 Å². The van der Waals surface area contributed by atoms with E-state index in [2.05, 4.69) is 15.0 Å². The summed E-state index contributed by atoms with van der Waals surface area (Å²) in [6.45, 7) is 3.53. The molecule has 0 saturated heterocycles. The van der Waals surface area contributed by atoms with E-state index in [4.69, 9.17) is 11.6 Å². The molecule has 0 aromatic carbocycles. The van der Waals surface area contributed by atoms with Crippen molar-refractivity contribution in [3.63, 3.8) is 0 Å². The van der Waals surface area contributed by atoms with E-state index in [1.165, 1.54) is 6.07 Å². The van der Waals surface area contributed by atoms with Crippen molar-refractivity contribution in [2.75, 3.05) is 0 Å². The molecular weight excluding hydrogens is 229 g/mol. The Morgan fingerprint density at radius 1 is 1.19 bits per heavy atom. The maximum atomic E-state index is 13.0. The summed E-state index contributed by atoms with van der Waals surface area (Å²) in [6, 6.07) is 1.37. The van der Waals surface area contributed by atoms with E-state index in [1.54, 1.807) is 20.0 Å². The average molecular weight is 238 g/mol. The molecule has 3 nitrogen and oxygen atoms in total. The van der Waals surface area contributed by atoms with Gasteiger partial charge in [-0.3, -0.25) is 4.98 Å². The molecule has 2 aromatic rings. The van der Waals surface area contributed by atoms with E-state index in [-0.39, 0.29) is 0 Å². The summed E-state index contributed by atoms with van der Waals surface area (Å²) >= 11 is 5.94. The number of hydrogen-bond donors (Lipinski definition) is 0. The highest BCUT2D eigenvalue weighted by atomic mass is 35.5. The van der Waals surface area contributed by atoms with Crippen LogP contribution in [0.2, 0.25) is 5.15 Å². The molecule has 0 aliphatic carbocycles. The molecule has 2 heterocycles. The first-order valence-corrected chi connectivity index (χ1v) is 5.07. The summed E-state index contributed by atoms with van der Waals surface area (Å²) in [6.07, 6.45) is 2.70. The minimum atomic E-state index is -0.399. The molecule has 0 unspecified atom stereocenters. The second kappa shape index (κ2) is 4.14. The van der Waals surface area contributed by atoms with Gasteiger partial charge in [-0.2, -0.15) is 0 Å². The Morgan fingerprint density at radius 3 is 2.62 bits per heavy atom. The molecule has 0 fully saturated rings. The van der Waals surface area contributed by atoms with Crippen LogP contribution in [0, 0.1) is 19.7 Å². The lowest BCUT2D eigenvalue weighted by Crippen LogP contribution is -1.97. The fourth-order valence-electron chi connectivity index (χ4n) is 1.42. The quantitative estimate of drug-likeness (QED) is 0.716. The lowest BCUT2D eigenvalue weighted by Gasteiger charge is -2.07. The predicted molar refractivity (Wildman–Crippen MR) is 59.7 cm³/mol. The molecule has 2 aromatic heterocycles. The molecule has 16 heavy (non-hydrogen) atoms. The second-order valence-corrected chi connectivity index (χ2v) is 3.79. The van der Waals surface area contributed by atoms with E-state index in [1.807, 2.05) is 0 Å². The number of rotatable bonds is 1. The summed E-state index contributed by atoms with van der Waals surface area (Å²) < 4.78 is 13.0. The summed E-state index contributed by atoms with van der Waals surface area (Å²) in [4.78, 5) is 12.0. The fraction of sp³-hybridized carbons (Fsp3) is 0.182. The number of aromatic nitrogens is 3. The van der Waals surface area contributed by atoms with Crippen LogP contribution in [0.3, 0.4) is 0 Å². The molecule has 0 saturated carbocycles. The van der Waals surface area contributed by atoms with Crippen LogP contribution in [-0.2, 0) is 0 Å². The largest absolute Gasteiger partial charge is 0.261 e. The van der Waals surface area contributed by atoms with Gasteiger partial charge >= 0.3 is 0 Å². The maximum Gasteiger partial charge on any atom is 0.142 e. The molecule has 0 spiro atoms. The van der Waals surface area contributed by atoms with Crippen molar-refractivity contribution in [2.24, 2.45) is 0 Å². The van der Waals surface area contributed by atoms with Crippen LogP contribution in [0.25, 0.3) is 11.3 Å². The van der Waals surface area contributed by atoms with Gasteiger partial charge in [0.25, 0.3) is 0 Å². The summed E-state index contributed by atoms with van der Waals surface area (Å²) in [5, 5.41) is 0.381. The molecule has 0 amide bonds. The van der Waals surface area contributed by atoms with Crippen LogP contribution in [-0.4, -0.2) is 15.0 Å². The second-order valence-electron chi connectivity index (χ2n) is 3.43. The van der Waals surface area contributed by atoms with Crippen molar-refractivity contribution in [2.45, 2.75) is 13.8 Å². The highest BCUT2D eigenvalue weighted by Crippen LogP contribution is 2.25. The smallest absolute Gasteiger partial charge is 0.142 e. The predicted octanol–water partition coefficient (Wildman–Crippen LogP) is 2.95. The van der Waals surface area contributed by atoms with Crippen LogP contribution in [0.4, 0.5) is 4.39 Å². The van der Waals surface area contributed by atoms with Gasteiger partial charge in [-0.25, -0.2) is 14.4 Å². The molecule has 0 aliphatic rings. The number of aryl methyl sites for hydroxylation is 1. The van der Waals surface area contributed by atoms with Crippen molar-refractivity contribution < 1.29 is 4.39 Å². The van der Waals surface area contributed by atoms with Crippen LogP contribution >= 0.6 is 11.6 Å². The summed E-state index contributed by atoms with van der Waals surface area (Å²) in [5.41, 5.74) is 1.94. The van der Waals surface area contributed by atoms with E-state index in [0.717, 1.165) is 11.8 Å². The van der Waals surface area contributed by atoms with E-state index in [9.17, 15) is 4.39 Å². The molecule has 82 valence electrons. The molecule has 0 aliphatic heterocycles. The van der Waals surface area contributed by atoms with Gasteiger partial charge in [0, 0.05) is 17.3 Å². The van der Waals surface area contributed by atoms with Gasteiger partial charge in [0.05, 0.1) is 11.9 Å². The number of pyridine rings is 1. The van der Waals surface area contributed by atoms with E-state index >= 15 is 0 Å². The van der Waals surface area contributed by atoms with Gasteiger partial charge in [0.2, 0.25) is 0 Å². The molecule has 0 atom stereocenters. The maximum absolute atomic E-state index is 13.0. The molecule has 5 heteroatoms. The average Bonchev–Trinajstić information content (AvgIpc) is 2.23. The molecule has 0 N–H and O–H groups in total. The van der Waals surface area contributed by atoms with Gasteiger partial charge in [-0.15, -0.1) is 0 Å². The Kier molecular flexibility index (Phi) is 2.83. The summed E-state index contributed by atoms with van der Waals surface area (Å²) in [7, 11) is 0. The van der Waals surface area contributed by atoms with Crippen molar-refractivity contribution in [1.29, 1.82) is 0 Å². The molecule has 2 rings (SSSR count). The van der Waals surface area contributed by atoms with Gasteiger partial charge in [-0.1, -0.05) is 11.6 Å². The fourth-order valence-corrected chi connectivity index (χ4v) is 1.63. The molecular formula is C11H9ClFN3. The molecule has 0 radical (unpaired) electrons. The van der Waals surface area contributed by atoms with Crippen molar-refractivity contribution >= 4 is 11.6 Å². The van der Waals surface area contributed by atoms with Crippen LogP contribution in [0.5, 0.6) is 0 Å². The van der Waals surface area contributed by atoms with Gasteiger partial charge < -0.3 is 0 Å². The topological polar surface area (TPSA) is 38.7 Å². The third kappa shape index (κ3) is 2.02. The standard InChI is InChI=1S/C11H9ClFN3/c1-6-10(15-7(2)16-11(6)12)8-3-9(13)5-14-4-8/h3-5H,1-2H3. The summed E-state index contributed by atoms with van der Waals surface area (Å²) in [5.74, 6) is 0.152. The van der Waals surface area contributed by atoms with Gasteiger partial charge in [0.15, 0.2) is 0 Å². The van der Waals surface area contributed by atoms with Crippen LogP contribution in [0.1, 0.15) is 11.4 Å². The number of hydrogen-bond acceptors (Lipinski definition) is 3.